The molecule has 8 nitrogen and oxygen atoms in total. The molecule has 4 aliphatic rings. The van der Waals surface area contributed by atoms with E-state index in [0.29, 0.717) is 55.7 Å². The fraction of sp³-hybridized carbons (Fsp3) is 0.500. The average molecular weight is 380 g/mol. The molecule has 3 saturated heterocycles. The maximum absolute atomic E-state index is 13.1. The van der Waals surface area contributed by atoms with E-state index in [1.54, 1.807) is 17.0 Å². The van der Waals surface area contributed by atoms with Gasteiger partial charge < -0.3 is 19.1 Å². The first-order chi connectivity index (χ1) is 13.7. The summed E-state index contributed by atoms with van der Waals surface area (Å²) in [7, 11) is 0. The molecule has 1 saturated carbocycles. The van der Waals surface area contributed by atoms with Gasteiger partial charge in [-0.2, -0.15) is 4.98 Å². The average Bonchev–Trinajstić information content (AvgIpc) is 3.06. The van der Waals surface area contributed by atoms with Gasteiger partial charge in [-0.15, -0.1) is 0 Å². The summed E-state index contributed by atoms with van der Waals surface area (Å²) in [6, 6.07) is 7.07. The number of ether oxygens (including phenoxy) is 1. The van der Waals surface area contributed by atoms with Gasteiger partial charge in [-0.1, -0.05) is 17.3 Å². The predicted octanol–water partition coefficient (Wildman–Crippen LogP) is 1.79. The van der Waals surface area contributed by atoms with Crippen LogP contribution in [0.1, 0.15) is 47.8 Å². The third kappa shape index (κ3) is 2.21. The summed E-state index contributed by atoms with van der Waals surface area (Å²) >= 11 is 0. The molecule has 8 heteroatoms. The normalized spacial score (nSPS) is 28.7. The van der Waals surface area contributed by atoms with Crippen molar-refractivity contribution in [2.45, 2.75) is 43.4 Å². The molecule has 2 amide bonds. The molecule has 0 bridgehead atoms. The van der Waals surface area contributed by atoms with Gasteiger partial charge in [-0.05, 0) is 25.0 Å². The zero-order valence-electron chi connectivity index (χ0n) is 15.3. The molecule has 1 aromatic carbocycles. The van der Waals surface area contributed by atoms with Crippen LogP contribution in [0.15, 0.2) is 28.8 Å². The van der Waals surface area contributed by atoms with E-state index in [4.69, 9.17) is 9.26 Å². The Balaban J connectivity index is 1.23. The van der Waals surface area contributed by atoms with Crippen LogP contribution >= 0.6 is 0 Å². The molecule has 144 valence electrons. The van der Waals surface area contributed by atoms with Gasteiger partial charge in [-0.25, -0.2) is 0 Å². The Kier molecular flexibility index (Phi) is 3.27. The molecular weight excluding hydrogens is 360 g/mol. The number of rotatable bonds is 3. The van der Waals surface area contributed by atoms with Gasteiger partial charge in [0.2, 0.25) is 17.6 Å². The quantitative estimate of drug-likeness (QED) is 0.807. The van der Waals surface area contributed by atoms with Crippen LogP contribution in [-0.2, 0) is 9.53 Å². The van der Waals surface area contributed by atoms with Crippen molar-refractivity contribution in [3.63, 3.8) is 0 Å². The van der Waals surface area contributed by atoms with Gasteiger partial charge in [0.15, 0.2) is 5.72 Å². The number of hydrogen-bond donors (Lipinski definition) is 0. The van der Waals surface area contributed by atoms with E-state index >= 15 is 0 Å². The Morgan fingerprint density at radius 1 is 1.18 bits per heavy atom. The SMILES string of the molecule is O=C(c1ccc(-c2noc(C3CC3)n2)cc1)N1CC[C@@]23OCCN2C(=O)C[C@@H]13. The molecule has 4 fully saturated rings. The fourth-order valence-electron chi connectivity index (χ4n) is 4.81. The van der Waals surface area contributed by atoms with Gasteiger partial charge in [0.25, 0.3) is 5.91 Å². The van der Waals surface area contributed by atoms with Crippen molar-refractivity contribution in [2.24, 2.45) is 0 Å². The maximum Gasteiger partial charge on any atom is 0.254 e. The third-order valence-corrected chi connectivity index (χ3v) is 6.42. The fourth-order valence-corrected chi connectivity index (χ4v) is 4.81. The number of amides is 2. The largest absolute Gasteiger partial charge is 0.351 e. The van der Waals surface area contributed by atoms with Crippen molar-refractivity contribution in [3.05, 3.63) is 35.7 Å². The van der Waals surface area contributed by atoms with Crippen LogP contribution in [0, 0.1) is 0 Å². The van der Waals surface area contributed by atoms with Crippen molar-refractivity contribution in [2.75, 3.05) is 19.7 Å². The number of likely N-dealkylation sites (tertiary alicyclic amines) is 1. The minimum Gasteiger partial charge on any atom is -0.351 e. The van der Waals surface area contributed by atoms with Crippen LogP contribution in [0.25, 0.3) is 11.4 Å². The van der Waals surface area contributed by atoms with Crippen molar-refractivity contribution >= 4 is 11.8 Å². The molecule has 2 atom stereocenters. The summed E-state index contributed by atoms with van der Waals surface area (Å²) in [6.45, 7) is 1.77. The zero-order chi connectivity index (χ0) is 18.9. The molecule has 28 heavy (non-hydrogen) atoms. The molecule has 0 radical (unpaired) electrons. The molecule has 1 aliphatic carbocycles. The van der Waals surface area contributed by atoms with Gasteiger partial charge in [-0.3, -0.25) is 9.59 Å². The minimum absolute atomic E-state index is 0.0645. The Morgan fingerprint density at radius 3 is 2.79 bits per heavy atom. The Labute approximate surface area is 161 Å². The van der Waals surface area contributed by atoms with Gasteiger partial charge >= 0.3 is 0 Å². The predicted molar refractivity (Wildman–Crippen MR) is 96.2 cm³/mol. The number of aromatic nitrogens is 2. The summed E-state index contributed by atoms with van der Waals surface area (Å²) in [5.74, 6) is 1.68. The Bertz CT molecular complexity index is 967. The first kappa shape index (κ1) is 16.2. The smallest absolute Gasteiger partial charge is 0.254 e. The number of benzene rings is 1. The van der Waals surface area contributed by atoms with Crippen molar-refractivity contribution < 1.29 is 18.8 Å². The minimum atomic E-state index is -0.601. The van der Waals surface area contributed by atoms with E-state index in [1.807, 2.05) is 17.0 Å². The van der Waals surface area contributed by atoms with E-state index in [0.717, 1.165) is 18.4 Å². The maximum atomic E-state index is 13.1. The summed E-state index contributed by atoms with van der Waals surface area (Å²) in [4.78, 5) is 33.5. The van der Waals surface area contributed by atoms with Crippen molar-refractivity contribution in [3.8, 4) is 11.4 Å². The highest BCUT2D eigenvalue weighted by Gasteiger charge is 2.62. The molecule has 1 spiro atoms. The Morgan fingerprint density at radius 2 is 2.00 bits per heavy atom. The summed E-state index contributed by atoms with van der Waals surface area (Å²) < 4.78 is 11.3. The molecule has 4 heterocycles. The van der Waals surface area contributed by atoms with Gasteiger partial charge in [0, 0.05) is 36.6 Å². The molecule has 1 aromatic heterocycles. The van der Waals surface area contributed by atoms with Crippen LogP contribution in [0.2, 0.25) is 0 Å². The second-order valence-electron chi connectivity index (χ2n) is 8.01. The van der Waals surface area contributed by atoms with Crippen molar-refractivity contribution in [1.82, 2.24) is 19.9 Å². The summed E-state index contributed by atoms with van der Waals surface area (Å²) in [6.07, 6.45) is 3.24. The van der Waals surface area contributed by atoms with Crippen molar-refractivity contribution in [1.29, 1.82) is 0 Å². The molecule has 6 rings (SSSR count). The zero-order valence-corrected chi connectivity index (χ0v) is 15.3. The topological polar surface area (TPSA) is 88.8 Å². The lowest BCUT2D eigenvalue weighted by Gasteiger charge is -2.31. The first-order valence-corrected chi connectivity index (χ1v) is 9.85. The van der Waals surface area contributed by atoms with Gasteiger partial charge in [0.1, 0.15) is 0 Å². The molecular formula is C20H20N4O4. The lowest BCUT2D eigenvalue weighted by atomic mass is 10.1. The second kappa shape index (κ2) is 5.64. The standard InChI is InChI=1S/C20H20N4O4/c25-16-11-15-20(24(16)9-10-27-20)7-8-23(15)19(26)14-5-1-12(2-6-14)17-21-18(28-22-17)13-3-4-13/h1-2,5-6,13,15H,3-4,7-11H2/t15-,20+/m1/s1. The first-order valence-electron chi connectivity index (χ1n) is 9.85. The van der Waals surface area contributed by atoms with E-state index in [9.17, 15) is 9.59 Å². The number of nitrogens with zero attached hydrogens (tertiary/aromatic N) is 4. The second-order valence-corrected chi connectivity index (χ2v) is 8.01. The monoisotopic (exact) mass is 380 g/mol. The van der Waals surface area contributed by atoms with Crippen LogP contribution in [-0.4, -0.2) is 63.2 Å². The highest BCUT2D eigenvalue weighted by Crippen LogP contribution is 2.46. The lowest BCUT2D eigenvalue weighted by molar-refractivity contribution is -0.136. The van der Waals surface area contributed by atoms with E-state index in [1.165, 1.54) is 0 Å². The van der Waals surface area contributed by atoms with Crippen LogP contribution in [0.5, 0.6) is 0 Å². The third-order valence-electron chi connectivity index (χ3n) is 6.42. The summed E-state index contributed by atoms with van der Waals surface area (Å²) in [5, 5.41) is 4.05. The number of carbonyl (C=O) groups excluding carboxylic acids is 2. The van der Waals surface area contributed by atoms with E-state index < -0.39 is 5.72 Å². The number of carbonyl (C=O) groups is 2. The van der Waals surface area contributed by atoms with Crippen LogP contribution < -0.4 is 0 Å². The molecule has 2 aromatic rings. The van der Waals surface area contributed by atoms with Gasteiger partial charge in [0.05, 0.1) is 19.1 Å². The molecule has 0 N–H and O–H groups in total. The molecule has 3 aliphatic heterocycles. The Hall–Kier alpha value is -2.74. The highest BCUT2D eigenvalue weighted by molar-refractivity contribution is 5.96. The van der Waals surface area contributed by atoms with Crippen LogP contribution in [0.4, 0.5) is 0 Å². The van der Waals surface area contributed by atoms with Crippen LogP contribution in [0.3, 0.4) is 0 Å². The van der Waals surface area contributed by atoms with E-state index in [-0.39, 0.29) is 17.9 Å². The summed E-state index contributed by atoms with van der Waals surface area (Å²) in [5.41, 5.74) is 0.818. The lowest BCUT2D eigenvalue weighted by Crippen LogP contribution is -2.48. The number of hydrogen-bond acceptors (Lipinski definition) is 6. The van der Waals surface area contributed by atoms with E-state index in [2.05, 4.69) is 10.1 Å². The molecule has 0 unspecified atom stereocenters. The highest BCUT2D eigenvalue weighted by atomic mass is 16.5.